The SMILES string of the molecule is CCNC(=O)[C@@H](Cc1ccccc1)N(Cc1cccc(Cl)c1)C(=O)CCCN(c1cc(C)cc(C)c1)S(C)(=O)=O. The van der Waals surface area contributed by atoms with E-state index in [1.807, 2.05) is 81.4 Å². The molecule has 1 N–H and O–H groups in total. The molecule has 0 saturated heterocycles. The number of anilines is 1. The third-order valence-corrected chi connectivity index (χ3v) is 7.94. The van der Waals surface area contributed by atoms with E-state index in [0.29, 0.717) is 30.1 Å². The summed E-state index contributed by atoms with van der Waals surface area (Å²) in [6.45, 7) is 6.45. The molecule has 1 atom stereocenters. The van der Waals surface area contributed by atoms with E-state index in [2.05, 4.69) is 5.32 Å². The second-order valence-electron chi connectivity index (χ2n) is 10.0. The highest BCUT2D eigenvalue weighted by Gasteiger charge is 2.30. The maximum absolute atomic E-state index is 13.8. The lowest BCUT2D eigenvalue weighted by Crippen LogP contribution is -2.50. The molecule has 9 heteroatoms. The number of carbonyl (C=O) groups excluding carboxylic acids is 2. The van der Waals surface area contributed by atoms with Gasteiger partial charge >= 0.3 is 0 Å². The average molecular weight is 584 g/mol. The molecule has 0 heterocycles. The highest BCUT2D eigenvalue weighted by Crippen LogP contribution is 2.23. The number of carbonyl (C=O) groups is 2. The number of nitrogens with zero attached hydrogens (tertiary/aromatic N) is 2. The molecule has 0 saturated carbocycles. The molecule has 7 nitrogen and oxygen atoms in total. The fraction of sp³-hybridized carbons (Fsp3) is 0.355. The molecular formula is C31H38ClN3O4S. The first-order valence-electron chi connectivity index (χ1n) is 13.4. The van der Waals surface area contributed by atoms with Crippen LogP contribution in [0.4, 0.5) is 5.69 Å². The van der Waals surface area contributed by atoms with Crippen LogP contribution in [0.15, 0.2) is 72.8 Å². The quantitative estimate of drug-likeness (QED) is 0.297. The maximum atomic E-state index is 13.8. The van der Waals surface area contributed by atoms with Gasteiger partial charge in [0.05, 0.1) is 11.9 Å². The fourth-order valence-electron chi connectivity index (χ4n) is 4.78. The van der Waals surface area contributed by atoms with Gasteiger partial charge in [-0.1, -0.05) is 60.1 Å². The zero-order valence-electron chi connectivity index (χ0n) is 23.6. The van der Waals surface area contributed by atoms with Crippen LogP contribution in [0.3, 0.4) is 0 Å². The fourth-order valence-corrected chi connectivity index (χ4v) is 5.94. The summed E-state index contributed by atoms with van der Waals surface area (Å²) in [4.78, 5) is 28.7. The number of hydrogen-bond donors (Lipinski definition) is 1. The third kappa shape index (κ3) is 9.10. The highest BCUT2D eigenvalue weighted by molar-refractivity contribution is 7.92. The Morgan fingerprint density at radius 3 is 2.17 bits per heavy atom. The average Bonchev–Trinajstić information content (AvgIpc) is 2.88. The zero-order valence-corrected chi connectivity index (χ0v) is 25.1. The van der Waals surface area contributed by atoms with E-state index < -0.39 is 16.1 Å². The second kappa shape index (κ2) is 14.3. The molecule has 0 unspecified atom stereocenters. The van der Waals surface area contributed by atoms with Crippen molar-refractivity contribution >= 4 is 39.1 Å². The van der Waals surface area contributed by atoms with Crippen LogP contribution in [0.5, 0.6) is 0 Å². The van der Waals surface area contributed by atoms with Gasteiger partial charge in [-0.25, -0.2) is 8.42 Å². The summed E-state index contributed by atoms with van der Waals surface area (Å²) in [5.74, 6) is -0.476. The van der Waals surface area contributed by atoms with Crippen molar-refractivity contribution in [3.05, 3.63) is 100 Å². The van der Waals surface area contributed by atoms with Crippen LogP contribution in [-0.4, -0.2) is 50.5 Å². The summed E-state index contributed by atoms with van der Waals surface area (Å²) in [5.41, 5.74) is 4.22. The summed E-state index contributed by atoms with van der Waals surface area (Å²) >= 11 is 6.23. The molecule has 214 valence electrons. The molecule has 0 aliphatic rings. The number of sulfonamides is 1. The summed E-state index contributed by atoms with van der Waals surface area (Å²) < 4.78 is 26.7. The third-order valence-electron chi connectivity index (χ3n) is 6.51. The summed E-state index contributed by atoms with van der Waals surface area (Å²) in [7, 11) is -3.57. The van der Waals surface area contributed by atoms with Crippen LogP contribution >= 0.6 is 11.6 Å². The van der Waals surface area contributed by atoms with E-state index in [9.17, 15) is 18.0 Å². The Kier molecular flexibility index (Phi) is 11.2. The first kappa shape index (κ1) is 31.2. The number of nitrogens with one attached hydrogen (secondary N) is 1. The van der Waals surface area contributed by atoms with Crippen LogP contribution in [-0.2, 0) is 32.6 Å². The van der Waals surface area contributed by atoms with E-state index in [1.54, 1.807) is 17.0 Å². The van der Waals surface area contributed by atoms with Crippen LogP contribution in [0.25, 0.3) is 0 Å². The van der Waals surface area contributed by atoms with Crippen LogP contribution < -0.4 is 9.62 Å². The van der Waals surface area contributed by atoms with Gasteiger partial charge in [0.1, 0.15) is 6.04 Å². The molecule has 3 aromatic rings. The van der Waals surface area contributed by atoms with Crippen molar-refractivity contribution in [2.45, 2.75) is 52.6 Å². The van der Waals surface area contributed by atoms with E-state index in [4.69, 9.17) is 11.6 Å². The molecule has 40 heavy (non-hydrogen) atoms. The van der Waals surface area contributed by atoms with Crippen LogP contribution in [0.2, 0.25) is 5.02 Å². The van der Waals surface area contributed by atoms with Crippen molar-refractivity contribution < 1.29 is 18.0 Å². The summed E-state index contributed by atoms with van der Waals surface area (Å²) in [6, 6.07) is 21.7. The zero-order chi connectivity index (χ0) is 29.3. The van der Waals surface area contributed by atoms with E-state index in [-0.39, 0.29) is 31.3 Å². The van der Waals surface area contributed by atoms with Gasteiger partial charge in [-0.05, 0) is 73.7 Å². The first-order valence-corrected chi connectivity index (χ1v) is 15.6. The molecule has 2 amide bonds. The lowest BCUT2D eigenvalue weighted by molar-refractivity contribution is -0.141. The molecule has 3 aromatic carbocycles. The van der Waals surface area contributed by atoms with Crippen molar-refractivity contribution in [1.29, 1.82) is 0 Å². The van der Waals surface area contributed by atoms with Gasteiger partial charge in [0, 0.05) is 37.5 Å². The van der Waals surface area contributed by atoms with Crippen molar-refractivity contribution in [3.8, 4) is 0 Å². The number of rotatable bonds is 13. The minimum Gasteiger partial charge on any atom is -0.355 e. The Balaban J connectivity index is 1.87. The van der Waals surface area contributed by atoms with Gasteiger partial charge < -0.3 is 10.2 Å². The van der Waals surface area contributed by atoms with Crippen LogP contribution in [0, 0.1) is 13.8 Å². The lowest BCUT2D eigenvalue weighted by Gasteiger charge is -2.32. The lowest BCUT2D eigenvalue weighted by atomic mass is 10.0. The van der Waals surface area contributed by atoms with Crippen molar-refractivity contribution in [2.24, 2.45) is 0 Å². The van der Waals surface area contributed by atoms with Crippen LogP contribution in [0.1, 0.15) is 42.0 Å². The molecule has 0 fully saturated rings. The largest absolute Gasteiger partial charge is 0.355 e. The van der Waals surface area contributed by atoms with Crippen molar-refractivity contribution in [3.63, 3.8) is 0 Å². The maximum Gasteiger partial charge on any atom is 0.243 e. The number of amides is 2. The number of benzene rings is 3. The summed E-state index contributed by atoms with van der Waals surface area (Å²) in [5, 5.41) is 3.42. The van der Waals surface area contributed by atoms with E-state index >= 15 is 0 Å². The van der Waals surface area contributed by atoms with E-state index in [0.717, 1.165) is 22.3 Å². The normalized spacial score (nSPS) is 12.0. The molecule has 0 aliphatic carbocycles. The molecule has 0 radical (unpaired) electrons. The minimum absolute atomic E-state index is 0.0715. The molecule has 0 bridgehead atoms. The Hall–Kier alpha value is -3.36. The minimum atomic E-state index is -3.57. The topological polar surface area (TPSA) is 86.8 Å². The molecular weight excluding hydrogens is 546 g/mol. The highest BCUT2D eigenvalue weighted by atomic mass is 35.5. The predicted octanol–water partition coefficient (Wildman–Crippen LogP) is 5.28. The molecule has 0 spiro atoms. The van der Waals surface area contributed by atoms with E-state index in [1.165, 1.54) is 10.6 Å². The van der Waals surface area contributed by atoms with Crippen molar-refractivity contribution in [1.82, 2.24) is 10.2 Å². The second-order valence-corrected chi connectivity index (χ2v) is 12.4. The Bertz CT molecular complexity index is 1390. The number of likely N-dealkylation sites (N-methyl/N-ethyl adjacent to an activating group) is 1. The number of hydrogen-bond acceptors (Lipinski definition) is 4. The Labute approximate surface area is 243 Å². The molecule has 0 aromatic heterocycles. The Morgan fingerprint density at radius 1 is 0.925 bits per heavy atom. The number of halogens is 1. The molecule has 3 rings (SSSR count). The number of aryl methyl sites for hydroxylation is 2. The van der Waals surface area contributed by atoms with Gasteiger partial charge in [0.15, 0.2) is 0 Å². The van der Waals surface area contributed by atoms with Gasteiger partial charge in [-0.15, -0.1) is 0 Å². The van der Waals surface area contributed by atoms with Gasteiger partial charge in [0.25, 0.3) is 0 Å². The van der Waals surface area contributed by atoms with Crippen molar-refractivity contribution in [2.75, 3.05) is 23.7 Å². The standard InChI is InChI=1S/C31H38ClN3O4S/c1-5-33-31(37)29(21-25-11-7-6-8-12-25)34(22-26-13-9-14-27(32)20-26)30(36)15-10-16-35(40(4,38)39)28-18-23(2)17-24(3)19-28/h6-9,11-14,17-20,29H,5,10,15-16,21-22H2,1-4H3,(H,33,37)/t29-/m1/s1. The Morgan fingerprint density at radius 2 is 1.57 bits per heavy atom. The van der Waals surface area contributed by atoms with Gasteiger partial charge in [-0.2, -0.15) is 0 Å². The molecule has 0 aliphatic heterocycles. The van der Waals surface area contributed by atoms with Gasteiger partial charge in [0.2, 0.25) is 21.8 Å². The predicted molar refractivity (Wildman–Crippen MR) is 162 cm³/mol. The smallest absolute Gasteiger partial charge is 0.243 e. The first-order chi connectivity index (χ1) is 19.0. The van der Waals surface area contributed by atoms with Gasteiger partial charge in [-0.3, -0.25) is 13.9 Å². The monoisotopic (exact) mass is 583 g/mol. The summed E-state index contributed by atoms with van der Waals surface area (Å²) in [6.07, 6.45) is 1.88.